The van der Waals surface area contributed by atoms with Gasteiger partial charge in [-0.25, -0.2) is 0 Å². The Hall–Kier alpha value is -1.97. The summed E-state index contributed by atoms with van der Waals surface area (Å²) < 4.78 is 5.64. The molecule has 1 fully saturated rings. The van der Waals surface area contributed by atoms with Crippen LogP contribution in [0.15, 0.2) is 34.9 Å². The molecule has 3 unspecified atom stereocenters. The minimum absolute atomic E-state index is 0.00491. The van der Waals surface area contributed by atoms with Gasteiger partial charge in [0.25, 0.3) is 0 Å². The lowest BCUT2D eigenvalue weighted by atomic mass is 10.1. The average molecular weight is 330 g/mol. The quantitative estimate of drug-likeness (QED) is 0.571. The van der Waals surface area contributed by atoms with Crippen LogP contribution >= 0.6 is 0 Å². The van der Waals surface area contributed by atoms with Crippen molar-refractivity contribution in [1.82, 2.24) is 0 Å². The standard InChI is InChI=1S/C20H26O4/c1-7-8-14-12(3)17(10-16(14)22)24-19(23)18-15(20(18,5)6)9-11(2)13(4)21/h7-9,15,17-18H,10H2,1-6H3/b8-7+,11-9+. The highest BCUT2D eigenvalue weighted by atomic mass is 16.5. The number of carbonyl (C=O) groups is 3. The largest absolute Gasteiger partial charge is 0.457 e. The number of carbonyl (C=O) groups excluding carboxylic acids is 3. The summed E-state index contributed by atoms with van der Waals surface area (Å²) in [4.78, 5) is 36.0. The first-order valence-corrected chi connectivity index (χ1v) is 8.37. The molecule has 1 saturated carbocycles. The smallest absolute Gasteiger partial charge is 0.310 e. The maximum absolute atomic E-state index is 12.6. The summed E-state index contributed by atoms with van der Waals surface area (Å²) in [5.74, 6) is -0.509. The van der Waals surface area contributed by atoms with Crippen molar-refractivity contribution in [3.05, 3.63) is 34.9 Å². The minimum Gasteiger partial charge on any atom is -0.457 e. The van der Waals surface area contributed by atoms with Gasteiger partial charge in [0.05, 0.1) is 12.3 Å². The van der Waals surface area contributed by atoms with Crippen molar-refractivity contribution < 1.29 is 19.1 Å². The molecule has 0 radical (unpaired) electrons. The highest BCUT2D eigenvalue weighted by molar-refractivity contribution is 6.02. The van der Waals surface area contributed by atoms with Crippen LogP contribution in [0.3, 0.4) is 0 Å². The van der Waals surface area contributed by atoms with Gasteiger partial charge in [-0.05, 0) is 50.2 Å². The van der Waals surface area contributed by atoms with E-state index in [4.69, 9.17) is 4.74 Å². The van der Waals surface area contributed by atoms with E-state index in [2.05, 4.69) is 0 Å². The zero-order valence-electron chi connectivity index (χ0n) is 15.3. The van der Waals surface area contributed by atoms with Gasteiger partial charge in [-0.2, -0.15) is 0 Å². The van der Waals surface area contributed by atoms with Crippen molar-refractivity contribution in [2.24, 2.45) is 17.3 Å². The average Bonchev–Trinajstić information content (AvgIpc) is 2.92. The molecule has 130 valence electrons. The van der Waals surface area contributed by atoms with Crippen molar-refractivity contribution in [1.29, 1.82) is 0 Å². The van der Waals surface area contributed by atoms with Crippen LogP contribution in [0.1, 0.15) is 48.0 Å². The molecule has 0 saturated heterocycles. The van der Waals surface area contributed by atoms with Gasteiger partial charge in [-0.15, -0.1) is 0 Å². The molecule has 0 aromatic heterocycles. The molecule has 2 aliphatic rings. The number of ketones is 2. The van der Waals surface area contributed by atoms with E-state index in [1.54, 1.807) is 13.0 Å². The molecule has 0 aliphatic heterocycles. The van der Waals surface area contributed by atoms with Gasteiger partial charge in [0.2, 0.25) is 0 Å². The number of Topliss-reactive ketones (excluding diaryl/α,β-unsaturated/α-hetero) is 2. The molecule has 3 atom stereocenters. The third-order valence-electron chi connectivity index (χ3n) is 5.32. The molecule has 0 spiro atoms. The van der Waals surface area contributed by atoms with E-state index in [1.807, 2.05) is 39.8 Å². The Morgan fingerprint density at radius 2 is 1.88 bits per heavy atom. The Kier molecular flexibility index (Phi) is 4.97. The third kappa shape index (κ3) is 3.28. The van der Waals surface area contributed by atoms with Crippen molar-refractivity contribution in [3.8, 4) is 0 Å². The van der Waals surface area contributed by atoms with Crippen LogP contribution in [-0.4, -0.2) is 23.6 Å². The molecular formula is C20H26O4. The van der Waals surface area contributed by atoms with E-state index in [1.165, 1.54) is 6.92 Å². The molecule has 4 nitrogen and oxygen atoms in total. The fraction of sp³-hybridized carbons (Fsp3) is 0.550. The van der Waals surface area contributed by atoms with Crippen molar-refractivity contribution in [2.45, 2.75) is 54.1 Å². The predicted molar refractivity (Wildman–Crippen MR) is 92.2 cm³/mol. The van der Waals surface area contributed by atoms with E-state index in [0.29, 0.717) is 11.1 Å². The van der Waals surface area contributed by atoms with E-state index in [9.17, 15) is 14.4 Å². The number of allylic oxidation sites excluding steroid dienone is 5. The molecule has 0 heterocycles. The van der Waals surface area contributed by atoms with Crippen molar-refractivity contribution in [3.63, 3.8) is 0 Å². The Bertz CT molecular complexity index is 676. The van der Waals surface area contributed by atoms with Crippen LogP contribution in [0, 0.1) is 17.3 Å². The van der Waals surface area contributed by atoms with Crippen LogP contribution in [-0.2, 0) is 19.1 Å². The molecule has 4 heteroatoms. The zero-order valence-corrected chi connectivity index (χ0v) is 15.3. The molecular weight excluding hydrogens is 304 g/mol. The van der Waals surface area contributed by atoms with Gasteiger partial charge < -0.3 is 4.74 Å². The Morgan fingerprint density at radius 3 is 2.42 bits per heavy atom. The molecule has 24 heavy (non-hydrogen) atoms. The van der Waals surface area contributed by atoms with Crippen molar-refractivity contribution >= 4 is 17.5 Å². The second-order valence-corrected chi connectivity index (χ2v) is 7.38. The summed E-state index contributed by atoms with van der Waals surface area (Å²) in [5.41, 5.74) is 1.91. The topological polar surface area (TPSA) is 60.4 Å². The van der Waals surface area contributed by atoms with Crippen LogP contribution in [0.4, 0.5) is 0 Å². The summed E-state index contributed by atoms with van der Waals surface area (Å²) in [7, 11) is 0. The normalized spacial score (nSPS) is 29.3. The Labute approximate surface area is 143 Å². The highest BCUT2D eigenvalue weighted by Gasteiger charge is 2.62. The lowest BCUT2D eigenvalue weighted by molar-refractivity contribution is -0.150. The number of rotatable bonds is 5. The Balaban J connectivity index is 2.10. The van der Waals surface area contributed by atoms with E-state index in [0.717, 1.165) is 5.57 Å². The lowest BCUT2D eigenvalue weighted by Crippen LogP contribution is -2.20. The molecule has 0 aromatic rings. The first-order chi connectivity index (χ1) is 11.1. The van der Waals surface area contributed by atoms with Gasteiger partial charge in [0, 0.05) is 5.57 Å². The molecule has 0 N–H and O–H groups in total. The maximum atomic E-state index is 12.6. The predicted octanol–water partition coefficient (Wildman–Crippen LogP) is 3.57. The second kappa shape index (κ2) is 6.50. The van der Waals surface area contributed by atoms with Crippen LogP contribution in [0.2, 0.25) is 0 Å². The summed E-state index contributed by atoms with van der Waals surface area (Å²) in [6.45, 7) is 11.0. The monoisotopic (exact) mass is 330 g/mol. The van der Waals surface area contributed by atoms with Crippen LogP contribution in [0.5, 0.6) is 0 Å². The minimum atomic E-state index is -0.467. The molecule has 0 aromatic carbocycles. The first kappa shape index (κ1) is 18.4. The van der Waals surface area contributed by atoms with Crippen LogP contribution in [0.25, 0.3) is 0 Å². The summed E-state index contributed by atoms with van der Waals surface area (Å²) in [5, 5.41) is 0. The molecule has 2 aliphatic carbocycles. The fourth-order valence-electron chi connectivity index (χ4n) is 3.39. The fourth-order valence-corrected chi connectivity index (χ4v) is 3.39. The van der Waals surface area contributed by atoms with Crippen molar-refractivity contribution in [2.75, 3.05) is 0 Å². The zero-order chi connectivity index (χ0) is 18.2. The van der Waals surface area contributed by atoms with Gasteiger partial charge in [0.1, 0.15) is 6.10 Å². The highest BCUT2D eigenvalue weighted by Crippen LogP contribution is 2.60. The summed E-state index contributed by atoms with van der Waals surface area (Å²) in [6, 6.07) is 0. The summed E-state index contributed by atoms with van der Waals surface area (Å²) in [6.07, 6.45) is 5.22. The summed E-state index contributed by atoms with van der Waals surface area (Å²) >= 11 is 0. The van der Waals surface area contributed by atoms with Gasteiger partial charge in [-0.3, -0.25) is 14.4 Å². The van der Waals surface area contributed by atoms with Gasteiger partial charge >= 0.3 is 5.97 Å². The molecule has 2 rings (SSSR count). The van der Waals surface area contributed by atoms with Gasteiger partial charge in [0.15, 0.2) is 11.6 Å². The lowest BCUT2D eigenvalue weighted by Gasteiger charge is -2.13. The Morgan fingerprint density at radius 1 is 1.25 bits per heavy atom. The number of hydrogen-bond donors (Lipinski definition) is 0. The van der Waals surface area contributed by atoms with Crippen LogP contribution < -0.4 is 0 Å². The van der Waals surface area contributed by atoms with E-state index >= 15 is 0 Å². The van der Waals surface area contributed by atoms with E-state index in [-0.39, 0.29) is 41.2 Å². The van der Waals surface area contributed by atoms with Gasteiger partial charge in [-0.1, -0.05) is 32.1 Å². The second-order valence-electron chi connectivity index (χ2n) is 7.38. The maximum Gasteiger partial charge on any atom is 0.310 e. The third-order valence-corrected chi connectivity index (χ3v) is 5.32. The first-order valence-electron chi connectivity index (χ1n) is 8.37. The number of hydrogen-bond acceptors (Lipinski definition) is 4. The number of esters is 1. The number of ether oxygens (including phenoxy) is 1. The van der Waals surface area contributed by atoms with E-state index < -0.39 is 6.10 Å². The molecule has 0 amide bonds. The molecule has 0 bridgehead atoms. The SMILES string of the molecule is C/C=C/C1=C(C)C(OC(=O)C2C(/C=C(\C)C(C)=O)C2(C)C)CC1=O.